The summed E-state index contributed by atoms with van der Waals surface area (Å²) in [6.07, 6.45) is 6.66. The number of nitrogens with one attached hydrogen (secondary N) is 1. The summed E-state index contributed by atoms with van der Waals surface area (Å²) in [7, 11) is 3.06. The van der Waals surface area contributed by atoms with Crippen molar-refractivity contribution in [2.45, 2.75) is 37.4 Å². The number of carbonyl (C=O) groups excluding carboxylic acids is 2. The van der Waals surface area contributed by atoms with Crippen molar-refractivity contribution in [3.8, 4) is 11.5 Å². The third kappa shape index (κ3) is 4.55. The van der Waals surface area contributed by atoms with Crippen molar-refractivity contribution in [3.63, 3.8) is 0 Å². The molecule has 4 rings (SSSR count). The lowest BCUT2D eigenvalue weighted by molar-refractivity contribution is -0.0712. The normalized spacial score (nSPS) is 19.6. The van der Waals surface area contributed by atoms with Gasteiger partial charge in [0.05, 0.1) is 31.5 Å². The highest BCUT2D eigenvalue weighted by Gasteiger charge is 2.43. The average molecular weight is 440 g/mol. The first-order valence-electron chi connectivity index (χ1n) is 10.9. The number of methoxy groups -OCH3 is 2. The molecule has 170 valence electrons. The Hall–Kier alpha value is -3.13. The second-order valence-electron chi connectivity index (χ2n) is 8.24. The van der Waals surface area contributed by atoms with Crippen molar-refractivity contribution < 1.29 is 23.8 Å². The molecule has 3 heterocycles. The zero-order valence-corrected chi connectivity index (χ0v) is 18.5. The molecule has 2 saturated heterocycles. The van der Waals surface area contributed by atoms with E-state index in [2.05, 4.69) is 10.3 Å². The molecular formula is C24H29N3O5. The zero-order chi connectivity index (χ0) is 22.6. The number of carbonyl (C=O) groups is 2. The summed E-state index contributed by atoms with van der Waals surface area (Å²) in [6.45, 7) is 1.77. The molecule has 2 aliphatic rings. The predicted molar refractivity (Wildman–Crippen MR) is 118 cm³/mol. The van der Waals surface area contributed by atoms with Gasteiger partial charge in [0, 0.05) is 37.6 Å². The molecule has 8 nitrogen and oxygen atoms in total. The molecule has 2 amide bonds. The molecule has 0 aliphatic carbocycles. The summed E-state index contributed by atoms with van der Waals surface area (Å²) >= 11 is 0. The lowest BCUT2D eigenvalue weighted by Gasteiger charge is -2.39. The molecule has 0 bridgehead atoms. The fourth-order valence-corrected chi connectivity index (χ4v) is 4.57. The van der Waals surface area contributed by atoms with E-state index in [-0.39, 0.29) is 23.5 Å². The summed E-state index contributed by atoms with van der Waals surface area (Å²) in [5.41, 5.74) is 0.886. The van der Waals surface area contributed by atoms with Crippen LogP contribution >= 0.6 is 0 Å². The number of hydrogen-bond donors (Lipinski definition) is 1. The number of pyridine rings is 1. The summed E-state index contributed by atoms with van der Waals surface area (Å²) in [4.78, 5) is 31.2. The Bertz CT molecular complexity index is 957. The van der Waals surface area contributed by atoms with E-state index in [0.717, 1.165) is 25.7 Å². The van der Waals surface area contributed by atoms with Gasteiger partial charge in [-0.15, -0.1) is 0 Å². The van der Waals surface area contributed by atoms with Crippen LogP contribution in [0, 0.1) is 0 Å². The first-order chi connectivity index (χ1) is 15.5. The van der Waals surface area contributed by atoms with Gasteiger partial charge in [-0.3, -0.25) is 14.6 Å². The lowest BCUT2D eigenvalue weighted by Crippen LogP contribution is -2.47. The van der Waals surface area contributed by atoms with Gasteiger partial charge in [0.15, 0.2) is 11.5 Å². The average Bonchev–Trinajstić information content (AvgIpc) is 3.24. The number of piperidine rings is 1. The summed E-state index contributed by atoms with van der Waals surface area (Å²) in [6, 6.07) is 8.72. The van der Waals surface area contributed by atoms with Crippen molar-refractivity contribution in [2.75, 3.05) is 33.9 Å². The van der Waals surface area contributed by atoms with Crippen LogP contribution in [-0.4, -0.2) is 67.3 Å². The maximum absolute atomic E-state index is 12.7. The number of para-hydroxylation sites is 1. The number of benzene rings is 1. The molecule has 0 unspecified atom stereocenters. The van der Waals surface area contributed by atoms with Gasteiger partial charge in [0.25, 0.3) is 11.8 Å². The van der Waals surface area contributed by atoms with Gasteiger partial charge in [-0.05, 0) is 49.9 Å². The SMILES string of the molecule is COc1cccc(C(=O)NC[C@@H]2CCC3(CCN(C(=O)c4ccncc4)CC3)O2)c1OC. The number of nitrogens with zero attached hydrogens (tertiary/aromatic N) is 2. The molecule has 0 saturated carbocycles. The molecule has 1 aromatic heterocycles. The van der Waals surface area contributed by atoms with Crippen LogP contribution in [0.1, 0.15) is 46.4 Å². The van der Waals surface area contributed by atoms with Gasteiger partial charge in [-0.2, -0.15) is 0 Å². The standard InChI is InChI=1S/C24H29N3O5/c1-30-20-5-3-4-19(21(20)31-2)22(28)26-16-18-6-9-24(32-18)10-14-27(15-11-24)23(29)17-7-12-25-13-8-17/h3-5,7-8,12-13,18H,6,9-11,14-16H2,1-2H3,(H,26,28)/t18-/m0/s1. The van der Waals surface area contributed by atoms with E-state index in [0.29, 0.717) is 42.3 Å². The van der Waals surface area contributed by atoms with Gasteiger partial charge in [-0.1, -0.05) is 6.07 Å². The van der Waals surface area contributed by atoms with Crippen molar-refractivity contribution in [2.24, 2.45) is 0 Å². The number of ether oxygens (including phenoxy) is 3. The highest BCUT2D eigenvalue weighted by atomic mass is 16.5. The van der Waals surface area contributed by atoms with Crippen LogP contribution in [0.4, 0.5) is 0 Å². The Morgan fingerprint density at radius 3 is 2.56 bits per heavy atom. The Morgan fingerprint density at radius 1 is 1.12 bits per heavy atom. The van der Waals surface area contributed by atoms with Gasteiger partial charge in [0.1, 0.15) is 0 Å². The molecule has 1 aromatic carbocycles. The topological polar surface area (TPSA) is 90.0 Å². The second-order valence-corrected chi connectivity index (χ2v) is 8.24. The van der Waals surface area contributed by atoms with E-state index in [1.54, 1.807) is 49.8 Å². The first kappa shape index (κ1) is 22.1. The summed E-state index contributed by atoms with van der Waals surface area (Å²) in [5, 5.41) is 2.97. The molecule has 32 heavy (non-hydrogen) atoms. The molecule has 0 radical (unpaired) electrons. The fraction of sp³-hybridized carbons (Fsp3) is 0.458. The molecule has 2 fully saturated rings. The minimum atomic E-state index is -0.219. The molecular weight excluding hydrogens is 410 g/mol. The Labute approximate surface area is 187 Å². The monoisotopic (exact) mass is 439 g/mol. The van der Waals surface area contributed by atoms with Crippen LogP contribution in [0.15, 0.2) is 42.7 Å². The largest absolute Gasteiger partial charge is 0.493 e. The fourth-order valence-electron chi connectivity index (χ4n) is 4.57. The maximum atomic E-state index is 12.7. The van der Waals surface area contributed by atoms with Crippen molar-refractivity contribution in [1.29, 1.82) is 0 Å². The van der Waals surface area contributed by atoms with Crippen molar-refractivity contribution >= 4 is 11.8 Å². The van der Waals surface area contributed by atoms with Crippen molar-refractivity contribution in [1.82, 2.24) is 15.2 Å². The molecule has 1 spiro atoms. The van der Waals surface area contributed by atoms with E-state index in [1.807, 2.05) is 4.90 Å². The Morgan fingerprint density at radius 2 is 1.88 bits per heavy atom. The minimum Gasteiger partial charge on any atom is -0.493 e. The number of aromatic nitrogens is 1. The van der Waals surface area contributed by atoms with Gasteiger partial charge in [0.2, 0.25) is 0 Å². The maximum Gasteiger partial charge on any atom is 0.255 e. The zero-order valence-electron chi connectivity index (χ0n) is 18.5. The number of rotatable bonds is 6. The molecule has 8 heteroatoms. The third-order valence-corrected chi connectivity index (χ3v) is 6.37. The van der Waals surface area contributed by atoms with E-state index in [4.69, 9.17) is 14.2 Å². The van der Waals surface area contributed by atoms with Crippen molar-refractivity contribution in [3.05, 3.63) is 53.9 Å². The molecule has 1 N–H and O–H groups in total. The lowest BCUT2D eigenvalue weighted by atomic mass is 9.88. The van der Waals surface area contributed by atoms with Crippen LogP contribution in [0.25, 0.3) is 0 Å². The Kier molecular flexibility index (Phi) is 6.60. The van der Waals surface area contributed by atoms with Crippen LogP contribution in [0.2, 0.25) is 0 Å². The minimum absolute atomic E-state index is 0.0382. The second kappa shape index (κ2) is 9.56. The predicted octanol–water partition coefficient (Wildman–Crippen LogP) is 2.68. The van der Waals surface area contributed by atoms with Crippen LogP contribution < -0.4 is 14.8 Å². The van der Waals surface area contributed by atoms with E-state index in [1.165, 1.54) is 7.11 Å². The highest BCUT2D eigenvalue weighted by molar-refractivity contribution is 5.97. The first-order valence-corrected chi connectivity index (χ1v) is 10.9. The number of amides is 2. The number of likely N-dealkylation sites (tertiary alicyclic amines) is 1. The number of hydrogen-bond acceptors (Lipinski definition) is 6. The van der Waals surface area contributed by atoms with E-state index >= 15 is 0 Å². The molecule has 2 aliphatic heterocycles. The van der Waals surface area contributed by atoms with Crippen LogP contribution in [0.3, 0.4) is 0 Å². The highest BCUT2D eigenvalue weighted by Crippen LogP contribution is 2.39. The quantitative estimate of drug-likeness (QED) is 0.744. The summed E-state index contributed by atoms with van der Waals surface area (Å²) < 4.78 is 17.0. The molecule has 1 atom stereocenters. The smallest absolute Gasteiger partial charge is 0.255 e. The van der Waals surface area contributed by atoms with Crippen LogP contribution in [0.5, 0.6) is 11.5 Å². The Balaban J connectivity index is 1.29. The molecule has 2 aromatic rings. The third-order valence-electron chi connectivity index (χ3n) is 6.37. The van der Waals surface area contributed by atoms with E-state index in [9.17, 15) is 9.59 Å². The van der Waals surface area contributed by atoms with Crippen LogP contribution in [-0.2, 0) is 4.74 Å². The summed E-state index contributed by atoms with van der Waals surface area (Å²) in [5.74, 6) is 0.756. The van der Waals surface area contributed by atoms with E-state index < -0.39 is 0 Å². The van der Waals surface area contributed by atoms with Gasteiger partial charge >= 0.3 is 0 Å². The van der Waals surface area contributed by atoms with Gasteiger partial charge < -0.3 is 24.4 Å². The van der Waals surface area contributed by atoms with Gasteiger partial charge in [-0.25, -0.2) is 0 Å².